The number of nitriles is 1. The molecule has 2 aromatic carbocycles. The SMILES string of the molecule is COc1cc(NC(=O)OC(C)(C)C)cc(Nc2nccc(-c3ccc(OC)c(C#N)c3)n2)c1. The first kappa shape index (κ1) is 23.3. The Morgan fingerprint density at radius 3 is 2.45 bits per heavy atom. The monoisotopic (exact) mass is 447 g/mol. The molecule has 3 rings (SSSR count). The van der Waals surface area contributed by atoms with Crippen molar-refractivity contribution in [2.75, 3.05) is 24.9 Å². The van der Waals surface area contributed by atoms with Crippen LogP contribution in [0.1, 0.15) is 26.3 Å². The van der Waals surface area contributed by atoms with Crippen molar-refractivity contribution >= 4 is 23.4 Å². The van der Waals surface area contributed by atoms with E-state index in [1.807, 2.05) is 6.07 Å². The number of carbonyl (C=O) groups is 1. The van der Waals surface area contributed by atoms with Crippen LogP contribution in [0.2, 0.25) is 0 Å². The summed E-state index contributed by atoms with van der Waals surface area (Å²) >= 11 is 0. The van der Waals surface area contributed by atoms with E-state index in [0.29, 0.717) is 40.1 Å². The third kappa shape index (κ3) is 6.33. The van der Waals surface area contributed by atoms with Gasteiger partial charge in [0.25, 0.3) is 0 Å². The zero-order valence-corrected chi connectivity index (χ0v) is 19.1. The van der Waals surface area contributed by atoms with Crippen LogP contribution in [0.3, 0.4) is 0 Å². The molecule has 9 nitrogen and oxygen atoms in total. The van der Waals surface area contributed by atoms with Crippen LogP contribution in [0.4, 0.5) is 22.1 Å². The zero-order chi connectivity index (χ0) is 24.0. The maximum atomic E-state index is 12.1. The summed E-state index contributed by atoms with van der Waals surface area (Å²) in [6, 6.07) is 14.2. The molecule has 9 heteroatoms. The number of hydrogen-bond acceptors (Lipinski definition) is 8. The van der Waals surface area contributed by atoms with E-state index >= 15 is 0 Å². The maximum Gasteiger partial charge on any atom is 0.412 e. The number of nitrogens with zero attached hydrogens (tertiary/aromatic N) is 3. The maximum absolute atomic E-state index is 12.1. The fraction of sp³-hybridized carbons (Fsp3) is 0.250. The lowest BCUT2D eigenvalue weighted by Crippen LogP contribution is -2.27. The highest BCUT2D eigenvalue weighted by Gasteiger charge is 2.17. The van der Waals surface area contributed by atoms with Crippen molar-refractivity contribution in [3.8, 4) is 28.8 Å². The quantitative estimate of drug-likeness (QED) is 0.534. The first-order valence-electron chi connectivity index (χ1n) is 10.1. The van der Waals surface area contributed by atoms with Gasteiger partial charge >= 0.3 is 6.09 Å². The van der Waals surface area contributed by atoms with Gasteiger partial charge in [-0.25, -0.2) is 14.8 Å². The second kappa shape index (κ2) is 9.87. The molecule has 0 aliphatic heterocycles. The number of rotatable bonds is 6. The van der Waals surface area contributed by atoms with E-state index in [0.717, 1.165) is 5.56 Å². The van der Waals surface area contributed by atoms with Crippen LogP contribution in [-0.4, -0.2) is 35.9 Å². The summed E-state index contributed by atoms with van der Waals surface area (Å²) in [6.07, 6.45) is 1.04. The molecule has 0 spiro atoms. The molecule has 0 aliphatic rings. The van der Waals surface area contributed by atoms with Crippen LogP contribution < -0.4 is 20.1 Å². The average Bonchev–Trinajstić information content (AvgIpc) is 2.77. The number of nitrogens with one attached hydrogen (secondary N) is 2. The summed E-state index contributed by atoms with van der Waals surface area (Å²) < 4.78 is 15.8. The molecule has 0 unspecified atom stereocenters. The molecule has 0 bridgehead atoms. The number of anilines is 3. The minimum absolute atomic E-state index is 0.332. The van der Waals surface area contributed by atoms with E-state index in [1.165, 1.54) is 14.2 Å². The van der Waals surface area contributed by atoms with Crippen molar-refractivity contribution in [3.05, 3.63) is 54.2 Å². The summed E-state index contributed by atoms with van der Waals surface area (Å²) in [5.41, 5.74) is 2.25. The fourth-order valence-electron chi connectivity index (χ4n) is 2.95. The van der Waals surface area contributed by atoms with Gasteiger partial charge in [0.1, 0.15) is 23.2 Å². The predicted molar refractivity (Wildman–Crippen MR) is 125 cm³/mol. The van der Waals surface area contributed by atoms with E-state index in [-0.39, 0.29) is 0 Å². The normalized spacial score (nSPS) is 10.7. The lowest BCUT2D eigenvalue weighted by atomic mass is 10.1. The summed E-state index contributed by atoms with van der Waals surface area (Å²) in [7, 11) is 3.05. The molecule has 1 amide bonds. The van der Waals surface area contributed by atoms with Gasteiger partial charge in [0.15, 0.2) is 0 Å². The third-order valence-electron chi connectivity index (χ3n) is 4.31. The van der Waals surface area contributed by atoms with E-state index in [2.05, 4.69) is 26.7 Å². The van der Waals surface area contributed by atoms with Crippen molar-refractivity contribution < 1.29 is 19.0 Å². The minimum atomic E-state index is -0.620. The molecule has 33 heavy (non-hydrogen) atoms. The van der Waals surface area contributed by atoms with E-state index in [9.17, 15) is 10.1 Å². The highest BCUT2D eigenvalue weighted by atomic mass is 16.6. The molecule has 3 aromatic rings. The number of amides is 1. The standard InChI is InChI=1S/C24H25N5O4/c1-24(2,3)33-23(30)28-18-11-17(12-19(13-18)31-4)27-22-26-9-8-20(29-22)15-6-7-21(32-5)16(10-15)14-25/h6-13H,1-5H3,(H,28,30)(H,26,27,29). The molecule has 0 radical (unpaired) electrons. The molecule has 0 saturated carbocycles. The van der Waals surface area contributed by atoms with Crippen LogP contribution in [0, 0.1) is 11.3 Å². The molecule has 2 N–H and O–H groups in total. The Morgan fingerprint density at radius 2 is 1.79 bits per heavy atom. The van der Waals surface area contributed by atoms with E-state index in [1.54, 1.807) is 63.4 Å². The Morgan fingerprint density at radius 1 is 1.03 bits per heavy atom. The molecule has 170 valence electrons. The zero-order valence-electron chi connectivity index (χ0n) is 19.1. The van der Waals surface area contributed by atoms with Crippen molar-refractivity contribution in [1.29, 1.82) is 5.26 Å². The Balaban J connectivity index is 1.85. The van der Waals surface area contributed by atoms with Crippen molar-refractivity contribution in [2.45, 2.75) is 26.4 Å². The molecule has 0 aliphatic carbocycles. The topological polar surface area (TPSA) is 118 Å². The van der Waals surface area contributed by atoms with Crippen LogP contribution in [0.25, 0.3) is 11.3 Å². The van der Waals surface area contributed by atoms with Crippen molar-refractivity contribution in [1.82, 2.24) is 9.97 Å². The Kier molecular flexibility index (Phi) is 6.98. The highest BCUT2D eigenvalue weighted by Crippen LogP contribution is 2.28. The molecule has 0 fully saturated rings. The summed E-state index contributed by atoms with van der Waals surface area (Å²) in [6.45, 7) is 5.37. The van der Waals surface area contributed by atoms with Crippen molar-refractivity contribution in [2.24, 2.45) is 0 Å². The van der Waals surface area contributed by atoms with Crippen LogP contribution in [0.5, 0.6) is 11.5 Å². The first-order chi connectivity index (χ1) is 15.7. The third-order valence-corrected chi connectivity index (χ3v) is 4.31. The molecule has 0 atom stereocenters. The second-order valence-electron chi connectivity index (χ2n) is 7.99. The van der Waals surface area contributed by atoms with E-state index < -0.39 is 11.7 Å². The first-order valence-corrected chi connectivity index (χ1v) is 10.1. The van der Waals surface area contributed by atoms with Gasteiger partial charge in [-0.1, -0.05) is 0 Å². The highest BCUT2D eigenvalue weighted by molar-refractivity contribution is 5.86. The minimum Gasteiger partial charge on any atom is -0.497 e. The van der Waals surface area contributed by atoms with Gasteiger partial charge in [0.05, 0.1) is 25.5 Å². The largest absolute Gasteiger partial charge is 0.497 e. The van der Waals surface area contributed by atoms with Gasteiger partial charge < -0.3 is 19.5 Å². The summed E-state index contributed by atoms with van der Waals surface area (Å²) in [5, 5.41) is 15.2. The fourth-order valence-corrected chi connectivity index (χ4v) is 2.95. The summed E-state index contributed by atoms with van der Waals surface area (Å²) in [5.74, 6) is 1.35. The van der Waals surface area contributed by atoms with Gasteiger partial charge in [0.2, 0.25) is 5.95 Å². The molecular weight excluding hydrogens is 422 g/mol. The van der Waals surface area contributed by atoms with Crippen LogP contribution in [-0.2, 0) is 4.74 Å². The van der Waals surface area contributed by atoms with Gasteiger partial charge in [-0.15, -0.1) is 0 Å². The van der Waals surface area contributed by atoms with Gasteiger partial charge in [-0.2, -0.15) is 5.26 Å². The van der Waals surface area contributed by atoms with Gasteiger partial charge in [-0.05, 0) is 51.1 Å². The lowest BCUT2D eigenvalue weighted by Gasteiger charge is -2.20. The van der Waals surface area contributed by atoms with Gasteiger partial charge in [0, 0.05) is 35.3 Å². The molecule has 0 saturated heterocycles. The lowest BCUT2D eigenvalue weighted by molar-refractivity contribution is 0.0636. The number of carbonyl (C=O) groups excluding carboxylic acids is 1. The molecular formula is C24H25N5O4. The van der Waals surface area contributed by atoms with Crippen LogP contribution >= 0.6 is 0 Å². The van der Waals surface area contributed by atoms with Crippen LogP contribution in [0.15, 0.2) is 48.7 Å². The number of methoxy groups -OCH3 is 2. The molecule has 1 aromatic heterocycles. The summed E-state index contributed by atoms with van der Waals surface area (Å²) in [4.78, 5) is 21.0. The molecule has 1 heterocycles. The Bertz CT molecular complexity index is 1200. The number of hydrogen-bond donors (Lipinski definition) is 2. The smallest absolute Gasteiger partial charge is 0.412 e. The predicted octanol–water partition coefficient (Wildman–Crippen LogP) is 5.12. The van der Waals surface area contributed by atoms with Crippen molar-refractivity contribution in [3.63, 3.8) is 0 Å². The second-order valence-corrected chi connectivity index (χ2v) is 7.99. The number of benzene rings is 2. The number of aromatic nitrogens is 2. The van der Waals surface area contributed by atoms with E-state index in [4.69, 9.17) is 14.2 Å². The Labute approximate surface area is 192 Å². The average molecular weight is 447 g/mol. The van der Waals surface area contributed by atoms with Gasteiger partial charge in [-0.3, -0.25) is 5.32 Å². The number of ether oxygens (including phenoxy) is 3. The Hall–Kier alpha value is -4.32.